The fourth-order valence-electron chi connectivity index (χ4n) is 2.61. The van der Waals surface area contributed by atoms with Crippen LogP contribution in [0.25, 0.3) is 6.08 Å². The Labute approximate surface area is 191 Å². The van der Waals surface area contributed by atoms with Crippen molar-refractivity contribution in [3.8, 4) is 11.5 Å². The molecule has 11 heteroatoms. The molecule has 0 bridgehead atoms. The SMILES string of the molecule is COc1cc(/C=C(\Sc2nnc(C)o2)C(=O)O)cc(Cl)c1OCc1cccc(C(=O)O)c1. The van der Waals surface area contributed by atoms with E-state index >= 15 is 0 Å². The maximum absolute atomic E-state index is 11.6. The lowest BCUT2D eigenvalue weighted by atomic mass is 10.1. The van der Waals surface area contributed by atoms with E-state index in [-0.39, 0.29) is 38.8 Å². The first kappa shape index (κ1) is 23.2. The third-order valence-electron chi connectivity index (χ3n) is 4.02. The van der Waals surface area contributed by atoms with Crippen molar-refractivity contribution < 1.29 is 33.7 Å². The number of carboxylic acid groups (broad SMARTS) is 2. The lowest BCUT2D eigenvalue weighted by Gasteiger charge is -2.14. The lowest BCUT2D eigenvalue weighted by molar-refractivity contribution is -0.131. The zero-order valence-corrected chi connectivity index (χ0v) is 18.4. The molecule has 0 fully saturated rings. The van der Waals surface area contributed by atoms with Gasteiger partial charge in [-0.3, -0.25) is 0 Å². The normalized spacial score (nSPS) is 11.3. The molecule has 0 radical (unpaired) electrons. The standard InChI is InChI=1S/C21H17ClN2O7S/c1-11-23-24-21(31-11)32-17(20(27)28)9-13-7-15(22)18(16(8-13)29-2)30-10-12-4-3-5-14(6-12)19(25)26/h3-9H,10H2,1-2H3,(H,25,26)(H,27,28)/b17-9-. The molecular weight excluding hydrogens is 460 g/mol. The molecule has 9 nitrogen and oxygen atoms in total. The average Bonchev–Trinajstić information content (AvgIpc) is 3.16. The fourth-order valence-corrected chi connectivity index (χ4v) is 3.60. The van der Waals surface area contributed by atoms with Gasteiger partial charge in [-0.2, -0.15) is 0 Å². The summed E-state index contributed by atoms with van der Waals surface area (Å²) >= 11 is 7.17. The Bertz CT molecular complexity index is 1190. The van der Waals surface area contributed by atoms with Gasteiger partial charge in [-0.05, 0) is 53.2 Å². The van der Waals surface area contributed by atoms with Gasteiger partial charge in [0.25, 0.3) is 5.22 Å². The van der Waals surface area contributed by atoms with Crippen LogP contribution in [0.5, 0.6) is 11.5 Å². The van der Waals surface area contributed by atoms with E-state index in [0.29, 0.717) is 17.0 Å². The van der Waals surface area contributed by atoms with Crippen LogP contribution < -0.4 is 9.47 Å². The number of methoxy groups -OCH3 is 1. The predicted octanol–water partition coefficient (Wildman–Crippen LogP) is 4.54. The molecule has 0 aliphatic carbocycles. The maximum atomic E-state index is 11.6. The van der Waals surface area contributed by atoms with E-state index in [9.17, 15) is 14.7 Å². The van der Waals surface area contributed by atoms with Crippen LogP contribution in [0.4, 0.5) is 0 Å². The molecule has 0 atom stereocenters. The minimum Gasteiger partial charge on any atom is -0.493 e. The van der Waals surface area contributed by atoms with E-state index in [1.54, 1.807) is 25.1 Å². The van der Waals surface area contributed by atoms with Crippen LogP contribution in [0.15, 0.2) is 50.9 Å². The van der Waals surface area contributed by atoms with Gasteiger partial charge in [-0.15, -0.1) is 10.2 Å². The second kappa shape index (κ2) is 10.2. The Hall–Kier alpha value is -3.50. The minimum atomic E-state index is -1.18. The molecule has 0 saturated heterocycles. The van der Waals surface area contributed by atoms with E-state index in [1.807, 2.05) is 0 Å². The van der Waals surface area contributed by atoms with Crippen molar-refractivity contribution >= 4 is 41.4 Å². The smallest absolute Gasteiger partial charge is 0.342 e. The summed E-state index contributed by atoms with van der Waals surface area (Å²) in [6.45, 7) is 1.65. The molecule has 32 heavy (non-hydrogen) atoms. The Morgan fingerprint density at radius 2 is 2.00 bits per heavy atom. The summed E-state index contributed by atoms with van der Waals surface area (Å²) in [5, 5.41) is 26.4. The van der Waals surface area contributed by atoms with Gasteiger partial charge < -0.3 is 24.1 Å². The molecule has 1 aromatic heterocycles. The molecule has 0 spiro atoms. The number of ether oxygens (including phenoxy) is 2. The predicted molar refractivity (Wildman–Crippen MR) is 116 cm³/mol. The summed E-state index contributed by atoms with van der Waals surface area (Å²) in [5.74, 6) is -1.39. The third-order valence-corrected chi connectivity index (χ3v) is 5.15. The van der Waals surface area contributed by atoms with E-state index in [2.05, 4.69) is 10.2 Å². The Kier molecular flexibility index (Phi) is 7.39. The molecule has 0 amide bonds. The number of benzene rings is 2. The maximum Gasteiger partial charge on any atom is 0.342 e. The van der Waals surface area contributed by atoms with E-state index < -0.39 is 11.9 Å². The summed E-state index contributed by atoms with van der Waals surface area (Å²) in [7, 11) is 1.42. The number of carbonyl (C=O) groups is 2. The van der Waals surface area contributed by atoms with Gasteiger partial charge in [0.1, 0.15) is 11.5 Å². The lowest BCUT2D eigenvalue weighted by Crippen LogP contribution is -2.02. The zero-order chi connectivity index (χ0) is 23.3. The number of halogens is 1. The number of aromatic nitrogens is 2. The van der Waals surface area contributed by atoms with Gasteiger partial charge >= 0.3 is 11.9 Å². The van der Waals surface area contributed by atoms with Crippen LogP contribution in [0.3, 0.4) is 0 Å². The van der Waals surface area contributed by atoms with Gasteiger partial charge in [0.05, 0.1) is 17.7 Å². The molecule has 3 aromatic rings. The molecule has 0 aliphatic rings. The van der Waals surface area contributed by atoms with E-state index in [1.165, 1.54) is 31.4 Å². The first-order valence-corrected chi connectivity index (χ1v) is 10.2. The van der Waals surface area contributed by atoms with Crippen LogP contribution in [0, 0.1) is 6.92 Å². The summed E-state index contributed by atoms with van der Waals surface area (Å²) in [4.78, 5) is 22.7. The van der Waals surface area contributed by atoms with Gasteiger partial charge in [0.2, 0.25) is 5.89 Å². The zero-order valence-electron chi connectivity index (χ0n) is 16.9. The number of rotatable bonds is 9. The summed E-state index contributed by atoms with van der Waals surface area (Å²) in [6.07, 6.45) is 1.39. The van der Waals surface area contributed by atoms with Gasteiger partial charge in [-0.25, -0.2) is 9.59 Å². The molecule has 0 aliphatic heterocycles. The first-order chi connectivity index (χ1) is 15.3. The monoisotopic (exact) mass is 476 g/mol. The van der Waals surface area contributed by atoms with Crippen molar-refractivity contribution in [1.29, 1.82) is 0 Å². The van der Waals surface area contributed by atoms with Crippen molar-refractivity contribution in [1.82, 2.24) is 10.2 Å². The number of aromatic carboxylic acids is 1. The van der Waals surface area contributed by atoms with E-state index in [4.69, 9.17) is 30.6 Å². The van der Waals surface area contributed by atoms with E-state index in [0.717, 1.165) is 11.8 Å². The minimum absolute atomic E-state index is 0.0547. The second-order valence-corrected chi connectivity index (χ2v) is 7.73. The number of carboxylic acids is 2. The number of hydrogen-bond acceptors (Lipinski definition) is 8. The topological polar surface area (TPSA) is 132 Å². The highest BCUT2D eigenvalue weighted by Crippen LogP contribution is 2.38. The highest BCUT2D eigenvalue weighted by atomic mass is 35.5. The van der Waals surface area contributed by atoms with Gasteiger partial charge in [-0.1, -0.05) is 23.7 Å². The molecule has 0 saturated carbocycles. The van der Waals surface area contributed by atoms with Crippen LogP contribution in [-0.2, 0) is 11.4 Å². The number of aliphatic carboxylic acids is 1. The second-order valence-electron chi connectivity index (χ2n) is 6.33. The van der Waals surface area contributed by atoms with Crippen LogP contribution in [0.1, 0.15) is 27.4 Å². The average molecular weight is 477 g/mol. The largest absolute Gasteiger partial charge is 0.493 e. The number of aryl methyl sites for hydroxylation is 1. The van der Waals surface area contributed by atoms with Crippen molar-refractivity contribution in [3.05, 3.63) is 68.9 Å². The van der Waals surface area contributed by atoms with Crippen LogP contribution in [0.2, 0.25) is 5.02 Å². The first-order valence-electron chi connectivity index (χ1n) is 9.02. The highest BCUT2D eigenvalue weighted by molar-refractivity contribution is 8.03. The Morgan fingerprint density at radius 3 is 2.62 bits per heavy atom. The molecular formula is C21H17ClN2O7S. The highest BCUT2D eigenvalue weighted by Gasteiger charge is 2.17. The molecule has 1 heterocycles. The molecule has 2 aromatic carbocycles. The number of thioether (sulfide) groups is 1. The molecule has 2 N–H and O–H groups in total. The Balaban J connectivity index is 1.85. The van der Waals surface area contributed by atoms with Crippen LogP contribution in [-0.4, -0.2) is 39.5 Å². The number of hydrogen-bond donors (Lipinski definition) is 2. The number of nitrogens with zero attached hydrogens (tertiary/aromatic N) is 2. The van der Waals surface area contributed by atoms with Crippen LogP contribution >= 0.6 is 23.4 Å². The Morgan fingerprint density at radius 1 is 1.22 bits per heavy atom. The van der Waals surface area contributed by atoms with Crippen molar-refractivity contribution in [2.45, 2.75) is 18.8 Å². The quantitative estimate of drug-likeness (QED) is 0.335. The molecule has 0 unspecified atom stereocenters. The van der Waals surface area contributed by atoms with Crippen molar-refractivity contribution in [2.75, 3.05) is 7.11 Å². The van der Waals surface area contributed by atoms with Gasteiger partial charge in [0.15, 0.2) is 11.5 Å². The van der Waals surface area contributed by atoms with Crippen molar-refractivity contribution in [3.63, 3.8) is 0 Å². The third kappa shape index (κ3) is 5.80. The molecule has 166 valence electrons. The van der Waals surface area contributed by atoms with Crippen molar-refractivity contribution in [2.24, 2.45) is 0 Å². The summed E-state index contributed by atoms with van der Waals surface area (Å²) in [5.41, 5.74) is 1.22. The fraction of sp³-hybridized carbons (Fsp3) is 0.143. The summed E-state index contributed by atoms with van der Waals surface area (Å²) in [6, 6.07) is 9.40. The molecule has 3 rings (SSSR count). The van der Waals surface area contributed by atoms with Gasteiger partial charge in [0, 0.05) is 6.92 Å². The summed E-state index contributed by atoms with van der Waals surface area (Å²) < 4.78 is 16.3.